The third-order valence-corrected chi connectivity index (χ3v) is 5.58. The molecule has 0 unspecified atom stereocenters. The summed E-state index contributed by atoms with van der Waals surface area (Å²) in [5, 5.41) is 2.80. The summed E-state index contributed by atoms with van der Waals surface area (Å²) in [6.45, 7) is 9.00. The lowest BCUT2D eigenvalue weighted by atomic mass is 9.96. The van der Waals surface area contributed by atoms with E-state index in [1.807, 2.05) is 0 Å². The van der Waals surface area contributed by atoms with Crippen molar-refractivity contribution >= 4 is 35.3 Å². The highest BCUT2D eigenvalue weighted by molar-refractivity contribution is 6.14. The van der Waals surface area contributed by atoms with E-state index in [0.29, 0.717) is 37.3 Å². The number of carbonyl (C=O) groups excluding carboxylic acids is 4. The van der Waals surface area contributed by atoms with Gasteiger partial charge in [0.1, 0.15) is 11.1 Å². The Morgan fingerprint density at radius 3 is 2.38 bits per heavy atom. The van der Waals surface area contributed by atoms with E-state index in [0.717, 1.165) is 0 Å². The van der Waals surface area contributed by atoms with Crippen molar-refractivity contribution in [2.75, 3.05) is 29.9 Å². The minimum Gasteiger partial charge on any atom is -0.455 e. The summed E-state index contributed by atoms with van der Waals surface area (Å²) in [6, 6.07) is 7.00. The topological polar surface area (TPSA) is 105 Å². The molecule has 1 aromatic rings. The number of hydrogen-bond donors (Lipinski definition) is 1. The molecular weight excluding hydrogens is 414 g/mol. The number of fused-ring (bicyclic) bond motifs is 1. The minimum atomic E-state index is -1.13. The number of rotatable bonds is 3. The van der Waals surface area contributed by atoms with Gasteiger partial charge in [0.05, 0.1) is 17.3 Å². The first-order chi connectivity index (χ1) is 14.9. The van der Waals surface area contributed by atoms with Gasteiger partial charge in [-0.05, 0) is 59.6 Å². The Balaban J connectivity index is 1.57. The fraction of sp³-hybridized carbons (Fsp3) is 0.565. The van der Waals surface area contributed by atoms with Gasteiger partial charge in [-0.2, -0.15) is 0 Å². The zero-order valence-corrected chi connectivity index (χ0v) is 19.3. The number of amides is 3. The number of nitrogens with zero attached hydrogens (tertiary/aromatic N) is 2. The number of carbonyl (C=O) groups is 4. The zero-order valence-electron chi connectivity index (χ0n) is 19.3. The Morgan fingerprint density at radius 1 is 1.12 bits per heavy atom. The van der Waals surface area contributed by atoms with Crippen LogP contribution in [0.15, 0.2) is 24.3 Å². The highest BCUT2D eigenvalue weighted by Gasteiger charge is 2.44. The molecule has 0 spiro atoms. The lowest BCUT2D eigenvalue weighted by molar-refractivity contribution is -0.153. The van der Waals surface area contributed by atoms with Crippen molar-refractivity contribution < 1.29 is 28.7 Å². The molecule has 1 fully saturated rings. The third-order valence-electron chi connectivity index (χ3n) is 5.58. The standard InChI is InChI=1S/C23H31N3O6/c1-22(2,3)32-21(30)25-12-10-15(11-13-25)19(28)31-14-18(27)26-17-9-7-6-8-16(17)24-20(29)23(26,4)5/h6-9,15H,10-14H2,1-5H3,(H,24,29). The predicted molar refractivity (Wildman–Crippen MR) is 118 cm³/mol. The average Bonchev–Trinajstić information content (AvgIpc) is 2.71. The summed E-state index contributed by atoms with van der Waals surface area (Å²) in [5.74, 6) is -1.66. The van der Waals surface area contributed by atoms with E-state index in [2.05, 4.69) is 5.32 Å². The van der Waals surface area contributed by atoms with Gasteiger partial charge in [-0.3, -0.25) is 19.3 Å². The van der Waals surface area contributed by atoms with E-state index in [-0.39, 0.29) is 5.91 Å². The van der Waals surface area contributed by atoms with Crippen LogP contribution in [-0.2, 0) is 23.9 Å². The molecule has 0 bridgehead atoms. The summed E-state index contributed by atoms with van der Waals surface area (Å²) in [5.41, 5.74) is -0.614. The van der Waals surface area contributed by atoms with Gasteiger partial charge in [-0.1, -0.05) is 12.1 Å². The second-order valence-electron chi connectivity index (χ2n) is 9.61. The van der Waals surface area contributed by atoms with E-state index in [1.54, 1.807) is 63.8 Å². The van der Waals surface area contributed by atoms with Gasteiger partial charge in [0.25, 0.3) is 5.91 Å². The van der Waals surface area contributed by atoms with Crippen LogP contribution in [0.4, 0.5) is 16.2 Å². The fourth-order valence-corrected chi connectivity index (χ4v) is 3.84. The largest absolute Gasteiger partial charge is 0.455 e. The Labute approximate surface area is 188 Å². The van der Waals surface area contributed by atoms with Crippen molar-refractivity contribution in [1.29, 1.82) is 0 Å². The van der Waals surface area contributed by atoms with Crippen LogP contribution < -0.4 is 10.2 Å². The zero-order chi connectivity index (χ0) is 23.7. The molecule has 2 aliphatic heterocycles. The van der Waals surface area contributed by atoms with Gasteiger partial charge in [-0.15, -0.1) is 0 Å². The van der Waals surface area contributed by atoms with E-state index >= 15 is 0 Å². The van der Waals surface area contributed by atoms with Gasteiger partial charge in [0.15, 0.2) is 6.61 Å². The first-order valence-electron chi connectivity index (χ1n) is 10.8. The molecule has 9 nitrogen and oxygen atoms in total. The summed E-state index contributed by atoms with van der Waals surface area (Å²) in [4.78, 5) is 53.2. The van der Waals surface area contributed by atoms with E-state index in [1.165, 1.54) is 4.90 Å². The van der Waals surface area contributed by atoms with Crippen LogP contribution in [-0.4, -0.2) is 59.6 Å². The first kappa shape index (κ1) is 23.6. The van der Waals surface area contributed by atoms with Gasteiger partial charge in [-0.25, -0.2) is 4.79 Å². The molecule has 1 N–H and O–H groups in total. The molecule has 174 valence electrons. The van der Waals surface area contributed by atoms with Crippen molar-refractivity contribution in [3.05, 3.63) is 24.3 Å². The number of likely N-dealkylation sites (tertiary alicyclic amines) is 1. The van der Waals surface area contributed by atoms with Crippen LogP contribution in [0, 0.1) is 5.92 Å². The molecule has 0 aliphatic carbocycles. The first-order valence-corrected chi connectivity index (χ1v) is 10.8. The van der Waals surface area contributed by atoms with Crippen LogP contribution in [0.1, 0.15) is 47.5 Å². The number of piperidine rings is 1. The number of anilines is 2. The minimum absolute atomic E-state index is 0.314. The maximum atomic E-state index is 13.0. The SMILES string of the molecule is CC(C)(C)OC(=O)N1CCC(C(=O)OCC(=O)N2c3ccccc3NC(=O)C2(C)C)CC1. The van der Waals surface area contributed by atoms with Crippen molar-refractivity contribution in [2.45, 2.75) is 58.6 Å². The molecule has 0 aromatic heterocycles. The highest BCUT2D eigenvalue weighted by Crippen LogP contribution is 2.36. The smallest absolute Gasteiger partial charge is 0.410 e. The normalized spacial score (nSPS) is 18.5. The molecule has 0 atom stereocenters. The number of esters is 1. The number of para-hydroxylation sites is 2. The summed E-state index contributed by atoms with van der Waals surface area (Å²) >= 11 is 0. The molecule has 3 rings (SSSR count). The average molecular weight is 446 g/mol. The molecule has 32 heavy (non-hydrogen) atoms. The van der Waals surface area contributed by atoms with Crippen LogP contribution in [0.25, 0.3) is 0 Å². The Kier molecular flexibility index (Phi) is 6.48. The van der Waals surface area contributed by atoms with Crippen molar-refractivity contribution in [1.82, 2.24) is 4.90 Å². The lowest BCUT2D eigenvalue weighted by Crippen LogP contribution is -2.59. The molecule has 0 radical (unpaired) electrons. The maximum absolute atomic E-state index is 13.0. The van der Waals surface area contributed by atoms with Crippen molar-refractivity contribution in [2.24, 2.45) is 5.92 Å². The second-order valence-corrected chi connectivity index (χ2v) is 9.61. The highest BCUT2D eigenvalue weighted by atomic mass is 16.6. The van der Waals surface area contributed by atoms with E-state index < -0.39 is 41.6 Å². The van der Waals surface area contributed by atoms with Crippen LogP contribution in [0.2, 0.25) is 0 Å². The third kappa shape index (κ3) is 5.03. The second kappa shape index (κ2) is 8.80. The maximum Gasteiger partial charge on any atom is 0.410 e. The molecule has 1 saturated heterocycles. The van der Waals surface area contributed by atoms with Crippen molar-refractivity contribution in [3.63, 3.8) is 0 Å². The lowest BCUT2D eigenvalue weighted by Gasteiger charge is -2.41. The van der Waals surface area contributed by atoms with E-state index in [4.69, 9.17) is 9.47 Å². The van der Waals surface area contributed by atoms with Gasteiger partial charge >= 0.3 is 12.1 Å². The van der Waals surface area contributed by atoms with E-state index in [9.17, 15) is 19.2 Å². The fourth-order valence-electron chi connectivity index (χ4n) is 3.84. The number of ether oxygens (including phenoxy) is 2. The van der Waals surface area contributed by atoms with Crippen LogP contribution in [0.3, 0.4) is 0 Å². The van der Waals surface area contributed by atoms with Gasteiger partial charge in [0.2, 0.25) is 5.91 Å². The van der Waals surface area contributed by atoms with Gasteiger partial charge in [0, 0.05) is 13.1 Å². The van der Waals surface area contributed by atoms with Gasteiger partial charge < -0.3 is 19.7 Å². The summed E-state index contributed by atoms with van der Waals surface area (Å²) in [6.07, 6.45) is 0.475. The number of nitrogens with one attached hydrogen (secondary N) is 1. The Hall–Kier alpha value is -3.10. The molecule has 9 heteroatoms. The van der Waals surface area contributed by atoms with Crippen molar-refractivity contribution in [3.8, 4) is 0 Å². The molecular formula is C23H31N3O6. The molecule has 0 saturated carbocycles. The molecule has 1 aromatic carbocycles. The Bertz CT molecular complexity index is 913. The van der Waals surface area contributed by atoms with Crippen LogP contribution >= 0.6 is 0 Å². The predicted octanol–water partition coefficient (Wildman–Crippen LogP) is 2.94. The number of hydrogen-bond acceptors (Lipinski definition) is 6. The summed E-state index contributed by atoms with van der Waals surface area (Å²) < 4.78 is 10.7. The number of benzene rings is 1. The monoisotopic (exact) mass is 445 g/mol. The molecule has 3 amide bonds. The quantitative estimate of drug-likeness (QED) is 0.717. The van der Waals surface area contributed by atoms with Crippen LogP contribution in [0.5, 0.6) is 0 Å². The Morgan fingerprint density at radius 2 is 1.75 bits per heavy atom. The molecule has 2 aliphatic rings. The molecule has 2 heterocycles. The summed E-state index contributed by atoms with van der Waals surface area (Å²) in [7, 11) is 0.